The van der Waals surface area contributed by atoms with E-state index in [4.69, 9.17) is 0 Å². The van der Waals surface area contributed by atoms with Gasteiger partial charge in [0.1, 0.15) is 11.6 Å². The van der Waals surface area contributed by atoms with Crippen molar-refractivity contribution in [1.82, 2.24) is 9.88 Å². The summed E-state index contributed by atoms with van der Waals surface area (Å²) in [6.45, 7) is 7.30. The number of aryl methyl sites for hydroxylation is 1. The van der Waals surface area contributed by atoms with Crippen LogP contribution in [0, 0.1) is 5.92 Å². The minimum atomic E-state index is -0.274. The molecule has 6 nitrogen and oxygen atoms in total. The van der Waals surface area contributed by atoms with E-state index in [0.717, 1.165) is 24.0 Å². The van der Waals surface area contributed by atoms with E-state index in [2.05, 4.69) is 24.1 Å². The zero-order valence-corrected chi connectivity index (χ0v) is 16.0. The minimum Gasteiger partial charge on any atom is -0.507 e. The van der Waals surface area contributed by atoms with Crippen molar-refractivity contribution in [1.29, 1.82) is 0 Å². The predicted molar refractivity (Wildman–Crippen MR) is 104 cm³/mol. The molecule has 1 aromatic carbocycles. The van der Waals surface area contributed by atoms with Crippen molar-refractivity contribution >= 4 is 17.6 Å². The Bertz CT molecular complexity index is 877. The number of pyridine rings is 1. The number of nitrogens with zero attached hydrogens (tertiary/aromatic N) is 2. The van der Waals surface area contributed by atoms with Crippen molar-refractivity contribution < 1.29 is 14.7 Å². The number of ketones is 1. The molecule has 27 heavy (non-hydrogen) atoms. The molecule has 1 aliphatic rings. The molecule has 1 aromatic heterocycles. The molecule has 0 saturated carbocycles. The Morgan fingerprint density at radius 3 is 2.81 bits per heavy atom. The molecule has 0 bridgehead atoms. The largest absolute Gasteiger partial charge is 0.507 e. The van der Waals surface area contributed by atoms with Gasteiger partial charge in [0.2, 0.25) is 0 Å². The van der Waals surface area contributed by atoms with Crippen LogP contribution in [0.1, 0.15) is 54.2 Å². The number of anilines is 1. The van der Waals surface area contributed by atoms with Crippen LogP contribution in [0.4, 0.5) is 10.6 Å². The van der Waals surface area contributed by atoms with E-state index in [-0.39, 0.29) is 23.1 Å². The lowest BCUT2D eigenvalue weighted by Crippen LogP contribution is -2.40. The second-order valence-corrected chi connectivity index (χ2v) is 7.30. The van der Waals surface area contributed by atoms with Gasteiger partial charge in [-0.2, -0.15) is 0 Å². The fourth-order valence-corrected chi connectivity index (χ4v) is 3.06. The number of urea groups is 1. The average Bonchev–Trinajstić information content (AvgIpc) is 2.65. The molecule has 6 heteroatoms. The first-order valence-electron chi connectivity index (χ1n) is 9.30. The number of aromatic nitrogens is 1. The normalized spacial score (nSPS) is 13.5. The van der Waals surface area contributed by atoms with Gasteiger partial charge in [-0.05, 0) is 42.5 Å². The van der Waals surface area contributed by atoms with Crippen molar-refractivity contribution in [2.45, 2.75) is 40.2 Å². The lowest BCUT2D eigenvalue weighted by Gasteiger charge is -2.29. The van der Waals surface area contributed by atoms with Gasteiger partial charge in [0.15, 0.2) is 5.78 Å². The van der Waals surface area contributed by atoms with Crippen LogP contribution in [0.3, 0.4) is 0 Å². The van der Waals surface area contributed by atoms with Gasteiger partial charge in [0, 0.05) is 23.9 Å². The quantitative estimate of drug-likeness (QED) is 0.757. The summed E-state index contributed by atoms with van der Waals surface area (Å²) in [4.78, 5) is 31.1. The molecule has 3 rings (SSSR count). The van der Waals surface area contributed by atoms with Gasteiger partial charge in [-0.1, -0.05) is 26.8 Å². The van der Waals surface area contributed by atoms with E-state index in [1.165, 1.54) is 6.20 Å². The summed E-state index contributed by atoms with van der Waals surface area (Å²) in [5.74, 6) is 0.674. The van der Waals surface area contributed by atoms with Crippen LogP contribution < -0.4 is 5.32 Å². The Hall–Kier alpha value is -2.89. The molecule has 2 amide bonds. The summed E-state index contributed by atoms with van der Waals surface area (Å²) in [5.41, 5.74) is 2.45. The summed E-state index contributed by atoms with van der Waals surface area (Å²) in [7, 11) is 0. The molecule has 0 saturated heterocycles. The number of aromatic hydroxyl groups is 1. The number of benzene rings is 1. The van der Waals surface area contributed by atoms with Gasteiger partial charge < -0.3 is 10.0 Å². The second kappa shape index (κ2) is 7.78. The highest BCUT2D eigenvalue weighted by molar-refractivity contribution is 6.11. The summed E-state index contributed by atoms with van der Waals surface area (Å²) >= 11 is 0. The second-order valence-electron chi connectivity index (χ2n) is 7.30. The fourth-order valence-electron chi connectivity index (χ4n) is 3.06. The topological polar surface area (TPSA) is 82.5 Å². The van der Waals surface area contributed by atoms with E-state index in [9.17, 15) is 14.7 Å². The smallest absolute Gasteiger partial charge is 0.323 e. The Morgan fingerprint density at radius 1 is 1.33 bits per heavy atom. The van der Waals surface area contributed by atoms with Crippen molar-refractivity contribution in [2.24, 2.45) is 5.92 Å². The average molecular weight is 367 g/mol. The number of rotatable bonds is 6. The molecule has 2 N–H and O–H groups in total. The number of amides is 2. The van der Waals surface area contributed by atoms with Crippen LogP contribution in [-0.4, -0.2) is 33.3 Å². The minimum absolute atomic E-state index is 0.0400. The lowest BCUT2D eigenvalue weighted by atomic mass is 9.99. The molecular formula is C21H25N3O3. The molecule has 0 fully saturated rings. The number of phenols is 1. The highest BCUT2D eigenvalue weighted by Gasteiger charge is 2.25. The molecule has 1 aliphatic heterocycles. The maximum absolute atomic E-state index is 12.9. The van der Waals surface area contributed by atoms with Gasteiger partial charge >= 0.3 is 6.03 Å². The maximum atomic E-state index is 12.9. The predicted octanol–water partition coefficient (Wildman–Crippen LogP) is 3.97. The highest BCUT2D eigenvalue weighted by Crippen LogP contribution is 2.26. The van der Waals surface area contributed by atoms with Crippen LogP contribution in [-0.2, 0) is 13.0 Å². The van der Waals surface area contributed by atoms with Crippen molar-refractivity contribution in [3.05, 3.63) is 52.7 Å². The molecule has 0 aliphatic carbocycles. The summed E-state index contributed by atoms with van der Waals surface area (Å²) in [6, 6.07) is 6.66. The highest BCUT2D eigenvalue weighted by atomic mass is 16.3. The summed E-state index contributed by atoms with van der Waals surface area (Å²) in [5, 5.41) is 12.9. The first-order chi connectivity index (χ1) is 12.9. The fraction of sp³-hybridized carbons (Fsp3) is 0.381. The Labute approximate surface area is 159 Å². The van der Waals surface area contributed by atoms with E-state index >= 15 is 0 Å². The number of phenolic OH excluding ortho intramolecular Hbond substituents is 1. The third kappa shape index (κ3) is 4.10. The maximum Gasteiger partial charge on any atom is 0.323 e. The Kier molecular flexibility index (Phi) is 5.44. The first-order valence-corrected chi connectivity index (χ1v) is 9.30. The van der Waals surface area contributed by atoms with Crippen LogP contribution >= 0.6 is 0 Å². The molecule has 2 aromatic rings. The van der Waals surface area contributed by atoms with E-state index < -0.39 is 0 Å². The lowest BCUT2D eigenvalue weighted by molar-refractivity contribution is 0.103. The molecule has 0 unspecified atom stereocenters. The zero-order valence-electron chi connectivity index (χ0n) is 16.0. The molecule has 0 radical (unpaired) electrons. The third-order valence-electron chi connectivity index (χ3n) is 4.79. The monoisotopic (exact) mass is 367 g/mol. The van der Waals surface area contributed by atoms with Gasteiger partial charge in [-0.3, -0.25) is 10.1 Å². The number of nitrogens with one attached hydrogen (secondary N) is 1. The van der Waals surface area contributed by atoms with E-state index in [1.807, 2.05) is 6.92 Å². The Balaban J connectivity index is 1.87. The van der Waals surface area contributed by atoms with Gasteiger partial charge in [-0.25, -0.2) is 9.78 Å². The SMILES string of the molecule is CCc1ccc(O)c(C(=O)c2cnc3c(c2)CN(CCC(C)C)C(=O)N3)c1. The van der Waals surface area contributed by atoms with Gasteiger partial charge in [-0.15, -0.1) is 0 Å². The first kappa shape index (κ1) is 18.9. The van der Waals surface area contributed by atoms with E-state index in [0.29, 0.717) is 30.4 Å². The third-order valence-corrected chi connectivity index (χ3v) is 4.79. The molecule has 2 heterocycles. The van der Waals surface area contributed by atoms with Crippen molar-refractivity contribution in [2.75, 3.05) is 11.9 Å². The van der Waals surface area contributed by atoms with Crippen molar-refractivity contribution in [3.63, 3.8) is 0 Å². The number of fused-ring (bicyclic) bond motifs is 1. The summed E-state index contributed by atoms with van der Waals surface area (Å²) in [6.07, 6.45) is 3.13. The molecule has 142 valence electrons. The van der Waals surface area contributed by atoms with Gasteiger partial charge in [0.25, 0.3) is 0 Å². The van der Waals surface area contributed by atoms with Crippen LogP contribution in [0.5, 0.6) is 5.75 Å². The van der Waals surface area contributed by atoms with Gasteiger partial charge in [0.05, 0.1) is 12.1 Å². The van der Waals surface area contributed by atoms with E-state index in [1.54, 1.807) is 29.2 Å². The standard InChI is InChI=1S/C21H25N3O3/c1-4-14-5-6-18(25)17(9-14)19(26)15-10-16-12-24(8-7-13(2)3)21(27)23-20(16)22-11-15/h5-6,9-11,13,25H,4,7-8,12H2,1-3H3,(H,22,23,27). The van der Waals surface area contributed by atoms with Crippen LogP contribution in [0.25, 0.3) is 0 Å². The summed E-state index contributed by atoms with van der Waals surface area (Å²) < 4.78 is 0. The molecule has 0 spiro atoms. The number of carbonyl (C=O) groups excluding carboxylic acids is 2. The van der Waals surface area contributed by atoms with Crippen LogP contribution in [0.15, 0.2) is 30.5 Å². The Morgan fingerprint density at radius 2 is 2.11 bits per heavy atom. The number of carbonyl (C=O) groups is 2. The molecule has 0 atom stereocenters. The molecular weight excluding hydrogens is 342 g/mol. The number of hydrogen-bond acceptors (Lipinski definition) is 4. The van der Waals surface area contributed by atoms with Crippen LogP contribution in [0.2, 0.25) is 0 Å². The zero-order chi connectivity index (χ0) is 19.6. The number of hydrogen-bond donors (Lipinski definition) is 2. The van der Waals surface area contributed by atoms with Crippen molar-refractivity contribution in [3.8, 4) is 5.75 Å².